The number of imide groups is 1. The molecule has 6 heteroatoms. The molecule has 0 aliphatic carbocycles. The highest BCUT2D eigenvalue weighted by atomic mass is 35.5. The maximum Gasteiger partial charge on any atom is 0.326 e. The number of benzene rings is 4. The summed E-state index contributed by atoms with van der Waals surface area (Å²) in [5, 5.41) is 5.76. The lowest BCUT2D eigenvalue weighted by molar-refractivity contribution is 0.0966. The number of hydrogen-bond donors (Lipinski definition) is 2. The molecule has 170 valence electrons. The van der Waals surface area contributed by atoms with Crippen LogP contribution in [0.1, 0.15) is 21.5 Å². The fourth-order valence-corrected chi connectivity index (χ4v) is 3.81. The lowest BCUT2D eigenvalue weighted by Crippen LogP contribution is -2.34. The Morgan fingerprint density at radius 2 is 1.56 bits per heavy atom. The first-order chi connectivity index (χ1) is 16.5. The van der Waals surface area contributed by atoms with E-state index in [4.69, 9.17) is 16.3 Å². The Labute approximate surface area is 203 Å². The topological polar surface area (TPSA) is 67.4 Å². The van der Waals surface area contributed by atoms with E-state index in [-0.39, 0.29) is 0 Å². The number of amides is 3. The van der Waals surface area contributed by atoms with Crippen molar-refractivity contribution in [3.05, 3.63) is 119 Å². The summed E-state index contributed by atoms with van der Waals surface area (Å²) >= 11 is 5.98. The summed E-state index contributed by atoms with van der Waals surface area (Å²) in [5.41, 5.74) is 4.67. The average molecular weight is 471 g/mol. The molecule has 4 aromatic rings. The number of hydrogen-bond acceptors (Lipinski definition) is 3. The van der Waals surface area contributed by atoms with E-state index in [1.807, 2.05) is 60.7 Å². The smallest absolute Gasteiger partial charge is 0.326 e. The van der Waals surface area contributed by atoms with Gasteiger partial charge in [-0.05, 0) is 53.4 Å². The number of anilines is 1. The van der Waals surface area contributed by atoms with Gasteiger partial charge < -0.3 is 10.1 Å². The van der Waals surface area contributed by atoms with Crippen molar-refractivity contribution in [2.24, 2.45) is 0 Å². The Morgan fingerprint density at radius 1 is 0.853 bits per heavy atom. The van der Waals surface area contributed by atoms with Crippen molar-refractivity contribution >= 4 is 29.2 Å². The number of rotatable bonds is 6. The molecule has 34 heavy (non-hydrogen) atoms. The van der Waals surface area contributed by atoms with Gasteiger partial charge in [0.25, 0.3) is 5.91 Å². The molecule has 0 aromatic heterocycles. The highest BCUT2D eigenvalue weighted by Crippen LogP contribution is 2.33. The van der Waals surface area contributed by atoms with Crippen molar-refractivity contribution in [2.75, 3.05) is 12.4 Å². The summed E-state index contributed by atoms with van der Waals surface area (Å²) < 4.78 is 5.50. The van der Waals surface area contributed by atoms with Crippen molar-refractivity contribution in [3.8, 4) is 16.9 Å². The summed E-state index contributed by atoms with van der Waals surface area (Å²) in [6, 6.07) is 29.2. The molecule has 4 rings (SSSR count). The monoisotopic (exact) mass is 470 g/mol. The molecule has 0 radical (unpaired) electrons. The molecular formula is C28H23ClN2O3. The van der Waals surface area contributed by atoms with Crippen LogP contribution in [-0.2, 0) is 6.42 Å². The van der Waals surface area contributed by atoms with Crippen molar-refractivity contribution < 1.29 is 14.3 Å². The lowest BCUT2D eigenvalue weighted by atomic mass is 9.99. The van der Waals surface area contributed by atoms with Gasteiger partial charge in [0.2, 0.25) is 0 Å². The number of methoxy groups -OCH3 is 1. The van der Waals surface area contributed by atoms with Crippen LogP contribution in [0, 0.1) is 0 Å². The molecule has 0 heterocycles. The van der Waals surface area contributed by atoms with Gasteiger partial charge in [-0.25, -0.2) is 4.79 Å². The zero-order valence-corrected chi connectivity index (χ0v) is 19.3. The molecule has 3 amide bonds. The van der Waals surface area contributed by atoms with Crippen molar-refractivity contribution in [1.29, 1.82) is 0 Å². The zero-order valence-electron chi connectivity index (χ0n) is 18.5. The third kappa shape index (κ3) is 5.63. The average Bonchev–Trinajstić information content (AvgIpc) is 2.85. The quantitative estimate of drug-likeness (QED) is 0.335. The molecule has 0 aliphatic heterocycles. The van der Waals surface area contributed by atoms with Gasteiger partial charge in [0.1, 0.15) is 5.75 Å². The highest BCUT2D eigenvalue weighted by molar-refractivity contribution is 6.30. The molecule has 0 aliphatic rings. The lowest BCUT2D eigenvalue weighted by Gasteiger charge is -2.13. The van der Waals surface area contributed by atoms with Crippen molar-refractivity contribution in [1.82, 2.24) is 5.32 Å². The van der Waals surface area contributed by atoms with Gasteiger partial charge in [0.15, 0.2) is 0 Å². The Bertz CT molecular complexity index is 1310. The van der Waals surface area contributed by atoms with E-state index >= 15 is 0 Å². The van der Waals surface area contributed by atoms with Crippen LogP contribution in [-0.4, -0.2) is 19.0 Å². The molecule has 0 spiro atoms. The Morgan fingerprint density at radius 3 is 2.29 bits per heavy atom. The van der Waals surface area contributed by atoms with E-state index < -0.39 is 11.9 Å². The molecule has 0 fully saturated rings. The summed E-state index contributed by atoms with van der Waals surface area (Å²) in [4.78, 5) is 25.4. The summed E-state index contributed by atoms with van der Waals surface area (Å²) in [7, 11) is 1.56. The van der Waals surface area contributed by atoms with E-state index in [0.29, 0.717) is 28.4 Å². The van der Waals surface area contributed by atoms with Crippen molar-refractivity contribution in [2.45, 2.75) is 6.42 Å². The normalized spacial score (nSPS) is 10.4. The molecule has 0 saturated carbocycles. The summed E-state index contributed by atoms with van der Waals surface area (Å²) in [5.74, 6) is 0.119. The van der Waals surface area contributed by atoms with E-state index in [9.17, 15) is 9.59 Å². The van der Waals surface area contributed by atoms with Crippen LogP contribution < -0.4 is 15.4 Å². The Kier molecular flexibility index (Phi) is 7.25. The molecule has 0 atom stereocenters. The molecule has 0 saturated heterocycles. The van der Waals surface area contributed by atoms with Crippen LogP contribution in [0.25, 0.3) is 11.1 Å². The fraction of sp³-hybridized carbons (Fsp3) is 0.0714. The maximum absolute atomic E-state index is 12.8. The van der Waals surface area contributed by atoms with E-state index in [1.54, 1.807) is 43.5 Å². The summed E-state index contributed by atoms with van der Waals surface area (Å²) in [6.07, 6.45) is 0.593. The maximum atomic E-state index is 12.8. The molecule has 0 unspecified atom stereocenters. The summed E-state index contributed by atoms with van der Waals surface area (Å²) in [6.45, 7) is 0. The van der Waals surface area contributed by atoms with Gasteiger partial charge in [0, 0.05) is 27.9 Å². The first-order valence-electron chi connectivity index (χ1n) is 10.7. The SMILES string of the molecule is COc1cc(NC(=O)NC(=O)c2ccccc2Cc2ccccc2)ccc1-c1ccc(Cl)cc1. The first kappa shape index (κ1) is 23.1. The minimum atomic E-state index is -0.624. The zero-order chi connectivity index (χ0) is 23.9. The predicted octanol–water partition coefficient (Wildman–Crippen LogP) is 6.57. The van der Waals surface area contributed by atoms with E-state index in [0.717, 1.165) is 22.3 Å². The van der Waals surface area contributed by atoms with Crippen LogP contribution in [0.15, 0.2) is 97.1 Å². The van der Waals surface area contributed by atoms with Crippen LogP contribution in [0.2, 0.25) is 5.02 Å². The van der Waals surface area contributed by atoms with E-state index in [2.05, 4.69) is 10.6 Å². The molecule has 2 N–H and O–H groups in total. The third-order valence-corrected chi connectivity index (χ3v) is 5.59. The minimum Gasteiger partial charge on any atom is -0.496 e. The first-order valence-corrected chi connectivity index (χ1v) is 11.1. The minimum absolute atomic E-state index is 0.456. The second-order valence-electron chi connectivity index (χ2n) is 7.65. The Hall–Kier alpha value is -4.09. The number of carbonyl (C=O) groups excluding carboxylic acids is 2. The fourth-order valence-electron chi connectivity index (χ4n) is 3.68. The van der Waals surface area contributed by atoms with Gasteiger partial charge in [-0.1, -0.05) is 72.3 Å². The number of halogens is 1. The molecule has 5 nitrogen and oxygen atoms in total. The largest absolute Gasteiger partial charge is 0.496 e. The van der Waals surface area contributed by atoms with Gasteiger partial charge in [-0.2, -0.15) is 0 Å². The van der Waals surface area contributed by atoms with Gasteiger partial charge in [-0.3, -0.25) is 10.1 Å². The van der Waals surface area contributed by atoms with Crippen LogP contribution in [0.5, 0.6) is 5.75 Å². The third-order valence-electron chi connectivity index (χ3n) is 5.34. The van der Waals surface area contributed by atoms with Crippen LogP contribution in [0.3, 0.4) is 0 Å². The van der Waals surface area contributed by atoms with Crippen molar-refractivity contribution in [3.63, 3.8) is 0 Å². The van der Waals surface area contributed by atoms with E-state index in [1.165, 1.54) is 0 Å². The number of carbonyl (C=O) groups is 2. The van der Waals surface area contributed by atoms with Gasteiger partial charge in [0.05, 0.1) is 7.11 Å². The number of urea groups is 1. The van der Waals surface area contributed by atoms with Gasteiger partial charge in [-0.15, -0.1) is 0 Å². The second kappa shape index (κ2) is 10.7. The molecule has 0 bridgehead atoms. The number of nitrogens with one attached hydrogen (secondary N) is 2. The highest BCUT2D eigenvalue weighted by Gasteiger charge is 2.15. The predicted molar refractivity (Wildman–Crippen MR) is 136 cm³/mol. The molecular weight excluding hydrogens is 448 g/mol. The Balaban J connectivity index is 1.46. The standard InChI is InChI=1S/C28H23ClN2O3/c1-34-26-18-23(15-16-24(26)20-11-13-22(29)14-12-20)30-28(33)31-27(32)25-10-6-5-9-21(25)17-19-7-3-2-4-8-19/h2-16,18H,17H2,1H3,(H2,30,31,32,33). The molecule has 4 aromatic carbocycles. The number of ether oxygens (including phenoxy) is 1. The van der Waals surface area contributed by atoms with Crippen LogP contribution in [0.4, 0.5) is 10.5 Å². The van der Waals surface area contributed by atoms with Crippen LogP contribution >= 0.6 is 11.6 Å². The van der Waals surface area contributed by atoms with Gasteiger partial charge >= 0.3 is 6.03 Å². The second-order valence-corrected chi connectivity index (χ2v) is 8.09.